The van der Waals surface area contributed by atoms with Crippen molar-refractivity contribution in [2.45, 2.75) is 44.7 Å². The molecule has 0 saturated heterocycles. The van der Waals surface area contributed by atoms with Crippen molar-refractivity contribution in [2.75, 3.05) is 11.1 Å². The van der Waals surface area contributed by atoms with E-state index in [4.69, 9.17) is 5.73 Å². The van der Waals surface area contributed by atoms with Crippen molar-refractivity contribution in [3.63, 3.8) is 0 Å². The van der Waals surface area contributed by atoms with Crippen LogP contribution in [0.15, 0.2) is 77.6 Å². The van der Waals surface area contributed by atoms with E-state index in [1.165, 1.54) is 19.3 Å². The van der Waals surface area contributed by atoms with Crippen LogP contribution in [0.4, 0.5) is 11.4 Å². The smallest absolute Gasteiger partial charge is 0.329 e. The zero-order valence-electron chi connectivity index (χ0n) is 18.5. The average Bonchev–Trinajstić information content (AvgIpc) is 3.12. The van der Waals surface area contributed by atoms with Gasteiger partial charge in [0.15, 0.2) is 0 Å². The van der Waals surface area contributed by atoms with Gasteiger partial charge in [0.2, 0.25) is 0 Å². The predicted octanol–water partition coefficient (Wildman–Crippen LogP) is 5.19. The van der Waals surface area contributed by atoms with E-state index in [2.05, 4.69) is 5.32 Å². The van der Waals surface area contributed by atoms with Crippen LogP contribution in [0.3, 0.4) is 0 Å². The first kappa shape index (κ1) is 21.1. The maximum Gasteiger partial charge on any atom is 0.329 e. The quantitative estimate of drug-likeness (QED) is 0.419. The molecular formula is C27H28N4O2. The maximum atomic E-state index is 13.5. The summed E-state index contributed by atoms with van der Waals surface area (Å²) in [7, 11) is 0. The first-order valence-corrected chi connectivity index (χ1v) is 11.6. The molecule has 3 aromatic carbocycles. The molecule has 1 aliphatic rings. The molecule has 0 unspecified atom stereocenters. The Morgan fingerprint density at radius 3 is 2.27 bits per heavy atom. The third-order valence-electron chi connectivity index (χ3n) is 6.57. The van der Waals surface area contributed by atoms with Crippen molar-refractivity contribution in [3.05, 3.63) is 94.4 Å². The Labute approximate surface area is 192 Å². The topological polar surface area (TPSA) is 82.1 Å². The van der Waals surface area contributed by atoms with Crippen LogP contribution in [0.5, 0.6) is 0 Å². The molecule has 1 heterocycles. The van der Waals surface area contributed by atoms with E-state index in [1.807, 2.05) is 57.7 Å². The van der Waals surface area contributed by atoms with Gasteiger partial charge in [0, 0.05) is 11.6 Å². The van der Waals surface area contributed by atoms with Gasteiger partial charge >= 0.3 is 5.69 Å². The van der Waals surface area contributed by atoms with E-state index in [0.717, 1.165) is 29.4 Å². The molecule has 1 fully saturated rings. The number of nitrogens with zero attached hydrogens (tertiary/aromatic N) is 2. The van der Waals surface area contributed by atoms with E-state index in [0.29, 0.717) is 23.5 Å². The summed E-state index contributed by atoms with van der Waals surface area (Å²) in [4.78, 5) is 26.1. The van der Waals surface area contributed by atoms with Gasteiger partial charge in [-0.1, -0.05) is 55.7 Å². The highest BCUT2D eigenvalue weighted by molar-refractivity contribution is 6.05. The zero-order valence-corrected chi connectivity index (χ0v) is 18.5. The lowest BCUT2D eigenvalue weighted by Gasteiger charge is -2.22. The molecule has 3 N–H and O–H groups in total. The first-order chi connectivity index (χ1) is 16.1. The second-order valence-corrected chi connectivity index (χ2v) is 8.76. The number of amides is 1. The molecule has 1 amide bonds. The Morgan fingerprint density at radius 2 is 1.55 bits per heavy atom. The molecule has 4 aromatic rings. The van der Waals surface area contributed by atoms with Crippen molar-refractivity contribution >= 4 is 28.3 Å². The van der Waals surface area contributed by atoms with Crippen LogP contribution >= 0.6 is 0 Å². The van der Waals surface area contributed by atoms with E-state index in [-0.39, 0.29) is 17.6 Å². The summed E-state index contributed by atoms with van der Waals surface area (Å²) < 4.78 is 3.85. The number of nitrogens with two attached hydrogens (primary N) is 1. The number of rotatable bonds is 5. The Bertz CT molecular complexity index is 1340. The van der Waals surface area contributed by atoms with Crippen LogP contribution in [0.2, 0.25) is 0 Å². The van der Waals surface area contributed by atoms with Gasteiger partial charge in [0.05, 0.1) is 29.0 Å². The number of nitrogens with one attached hydrogen (secondary N) is 1. The average molecular weight is 441 g/mol. The molecule has 5 rings (SSSR count). The van der Waals surface area contributed by atoms with Gasteiger partial charge in [-0.25, -0.2) is 4.79 Å². The highest BCUT2D eigenvalue weighted by Crippen LogP contribution is 2.30. The minimum absolute atomic E-state index is 0.0458. The molecule has 33 heavy (non-hydrogen) atoms. The molecule has 1 aliphatic carbocycles. The highest BCUT2D eigenvalue weighted by atomic mass is 16.2. The van der Waals surface area contributed by atoms with Crippen molar-refractivity contribution < 1.29 is 4.79 Å². The van der Waals surface area contributed by atoms with Crippen molar-refractivity contribution in [1.82, 2.24) is 9.13 Å². The van der Waals surface area contributed by atoms with Gasteiger partial charge in [-0.2, -0.15) is 0 Å². The van der Waals surface area contributed by atoms with E-state index in [1.54, 1.807) is 24.3 Å². The molecule has 6 heteroatoms. The van der Waals surface area contributed by atoms with Crippen LogP contribution in [-0.2, 0) is 6.54 Å². The summed E-state index contributed by atoms with van der Waals surface area (Å²) in [6, 6.07) is 22.9. The standard InChI is InChI=1S/C27H28N4O2/c28-22-10-4-5-11-23(22)29-26(32)20-16-14-19(15-17-20)18-30-24-12-6-7-13-25(24)31(27(30)33)21-8-2-1-3-9-21/h4-7,10-17,21H,1-3,8-9,18,28H2,(H,29,32). The van der Waals surface area contributed by atoms with Crippen molar-refractivity contribution in [2.24, 2.45) is 0 Å². The number of nitrogen functional groups attached to an aromatic ring is 1. The number of carbonyl (C=O) groups is 1. The number of carbonyl (C=O) groups excluding carboxylic acids is 1. The number of anilines is 2. The maximum absolute atomic E-state index is 13.5. The molecule has 0 atom stereocenters. The zero-order chi connectivity index (χ0) is 22.8. The van der Waals surface area contributed by atoms with Crippen molar-refractivity contribution in [3.8, 4) is 0 Å². The van der Waals surface area contributed by atoms with Crippen LogP contribution < -0.4 is 16.7 Å². The number of imidazole rings is 1. The molecular weight excluding hydrogens is 412 g/mol. The lowest BCUT2D eigenvalue weighted by atomic mass is 9.95. The van der Waals surface area contributed by atoms with E-state index in [9.17, 15) is 9.59 Å². The monoisotopic (exact) mass is 440 g/mol. The summed E-state index contributed by atoms with van der Waals surface area (Å²) in [6.45, 7) is 0.465. The lowest BCUT2D eigenvalue weighted by Crippen LogP contribution is -2.29. The van der Waals surface area contributed by atoms with Gasteiger partial charge in [0.1, 0.15) is 0 Å². The molecule has 168 valence electrons. The molecule has 6 nitrogen and oxygen atoms in total. The second-order valence-electron chi connectivity index (χ2n) is 8.76. The molecule has 0 radical (unpaired) electrons. The van der Waals surface area contributed by atoms with Crippen LogP contribution in [0.25, 0.3) is 11.0 Å². The van der Waals surface area contributed by atoms with E-state index >= 15 is 0 Å². The number of para-hydroxylation sites is 4. The molecule has 1 aromatic heterocycles. The highest BCUT2D eigenvalue weighted by Gasteiger charge is 2.22. The summed E-state index contributed by atoms with van der Waals surface area (Å²) in [5.74, 6) is -0.217. The third kappa shape index (κ3) is 4.16. The first-order valence-electron chi connectivity index (χ1n) is 11.6. The fourth-order valence-electron chi connectivity index (χ4n) is 4.83. The SMILES string of the molecule is Nc1ccccc1NC(=O)c1ccc(Cn2c(=O)n(C3CCCCC3)c3ccccc32)cc1. The van der Waals surface area contributed by atoms with Crippen LogP contribution in [-0.4, -0.2) is 15.0 Å². The Hall–Kier alpha value is -3.80. The number of benzene rings is 3. The minimum Gasteiger partial charge on any atom is -0.397 e. The predicted molar refractivity (Wildman–Crippen MR) is 133 cm³/mol. The van der Waals surface area contributed by atoms with Crippen LogP contribution in [0, 0.1) is 0 Å². The largest absolute Gasteiger partial charge is 0.397 e. The normalized spacial score (nSPS) is 14.4. The Kier molecular flexibility index (Phi) is 5.73. The minimum atomic E-state index is -0.217. The fraction of sp³-hybridized carbons (Fsp3) is 0.259. The Morgan fingerprint density at radius 1 is 0.879 bits per heavy atom. The van der Waals surface area contributed by atoms with Gasteiger partial charge in [-0.15, -0.1) is 0 Å². The number of hydrogen-bond acceptors (Lipinski definition) is 3. The molecule has 1 saturated carbocycles. The molecule has 0 bridgehead atoms. The third-order valence-corrected chi connectivity index (χ3v) is 6.57. The summed E-state index contributed by atoms with van der Waals surface area (Å²) in [5, 5.41) is 2.85. The summed E-state index contributed by atoms with van der Waals surface area (Å²) >= 11 is 0. The van der Waals surface area contributed by atoms with Gasteiger partial charge in [0.25, 0.3) is 5.91 Å². The Balaban J connectivity index is 1.40. The fourth-order valence-corrected chi connectivity index (χ4v) is 4.83. The number of fused-ring (bicyclic) bond motifs is 1. The summed E-state index contributed by atoms with van der Waals surface area (Å²) in [6.07, 6.45) is 5.72. The molecule has 0 aliphatic heterocycles. The lowest BCUT2D eigenvalue weighted by molar-refractivity contribution is 0.102. The van der Waals surface area contributed by atoms with Crippen LogP contribution in [0.1, 0.15) is 54.1 Å². The summed E-state index contributed by atoms with van der Waals surface area (Å²) in [5.41, 5.74) is 10.6. The van der Waals surface area contributed by atoms with Crippen molar-refractivity contribution in [1.29, 1.82) is 0 Å². The van der Waals surface area contributed by atoms with Gasteiger partial charge in [-0.3, -0.25) is 13.9 Å². The molecule has 0 spiro atoms. The van der Waals surface area contributed by atoms with Gasteiger partial charge in [-0.05, 0) is 54.8 Å². The second kappa shape index (κ2) is 8.98. The number of hydrogen-bond donors (Lipinski definition) is 2. The van der Waals surface area contributed by atoms with E-state index < -0.39 is 0 Å². The van der Waals surface area contributed by atoms with Gasteiger partial charge < -0.3 is 11.1 Å². The number of aromatic nitrogens is 2.